The third-order valence-electron chi connectivity index (χ3n) is 3.78. The van der Waals surface area contributed by atoms with E-state index < -0.39 is 0 Å². The molecule has 0 aromatic rings. The van der Waals surface area contributed by atoms with Crippen molar-refractivity contribution in [2.75, 3.05) is 13.2 Å². The van der Waals surface area contributed by atoms with Gasteiger partial charge in [0, 0.05) is 12.1 Å². The molecule has 2 N–H and O–H groups in total. The van der Waals surface area contributed by atoms with Crippen molar-refractivity contribution in [2.45, 2.75) is 57.9 Å². The lowest BCUT2D eigenvalue weighted by Crippen LogP contribution is -2.48. The number of hydrogen-bond donors (Lipinski definition) is 2. The summed E-state index contributed by atoms with van der Waals surface area (Å²) < 4.78 is 0. The molecule has 1 saturated carbocycles. The van der Waals surface area contributed by atoms with E-state index in [4.69, 9.17) is 5.11 Å². The van der Waals surface area contributed by atoms with Gasteiger partial charge in [0.15, 0.2) is 0 Å². The Balaban J connectivity index is 2.45. The van der Waals surface area contributed by atoms with Crippen molar-refractivity contribution >= 4 is 0 Å². The summed E-state index contributed by atoms with van der Waals surface area (Å²) >= 11 is 0. The van der Waals surface area contributed by atoms with Crippen molar-refractivity contribution in [1.29, 1.82) is 0 Å². The van der Waals surface area contributed by atoms with Crippen LogP contribution in [0.3, 0.4) is 0 Å². The number of aliphatic hydroxyl groups excluding tert-OH is 1. The van der Waals surface area contributed by atoms with Crippen molar-refractivity contribution in [3.05, 3.63) is 0 Å². The highest BCUT2D eigenvalue weighted by Crippen LogP contribution is 2.35. The zero-order chi connectivity index (χ0) is 10.4. The molecule has 0 amide bonds. The van der Waals surface area contributed by atoms with Crippen LogP contribution >= 0.6 is 0 Å². The lowest BCUT2D eigenvalue weighted by molar-refractivity contribution is 0.142. The quantitative estimate of drug-likeness (QED) is 0.712. The Hall–Kier alpha value is -0.0800. The summed E-state index contributed by atoms with van der Waals surface area (Å²) in [6.07, 6.45) is 7.42. The molecule has 2 nitrogen and oxygen atoms in total. The van der Waals surface area contributed by atoms with Crippen LogP contribution in [0.25, 0.3) is 0 Å². The van der Waals surface area contributed by atoms with Crippen LogP contribution in [0.1, 0.15) is 52.4 Å². The second kappa shape index (κ2) is 5.72. The molecule has 1 rings (SSSR count). The minimum atomic E-state index is 0.259. The summed E-state index contributed by atoms with van der Waals surface area (Å²) in [6, 6.07) is 0. The fourth-order valence-electron chi connectivity index (χ4n) is 2.74. The number of hydrogen-bond acceptors (Lipinski definition) is 2. The van der Waals surface area contributed by atoms with Gasteiger partial charge in [0.2, 0.25) is 0 Å². The summed E-state index contributed by atoms with van der Waals surface area (Å²) in [4.78, 5) is 0. The largest absolute Gasteiger partial charge is 0.396 e. The summed E-state index contributed by atoms with van der Waals surface area (Å²) in [5.74, 6) is 0.931. The van der Waals surface area contributed by atoms with Gasteiger partial charge < -0.3 is 10.4 Å². The lowest BCUT2D eigenvalue weighted by atomic mass is 9.74. The molecule has 0 spiro atoms. The maximum absolute atomic E-state index is 9.09. The Labute approximate surface area is 88.1 Å². The summed E-state index contributed by atoms with van der Waals surface area (Å²) in [7, 11) is 0. The van der Waals surface area contributed by atoms with Gasteiger partial charge in [-0.2, -0.15) is 0 Å². The van der Waals surface area contributed by atoms with Crippen molar-refractivity contribution in [2.24, 2.45) is 5.92 Å². The molecule has 1 aliphatic rings. The number of nitrogens with one attached hydrogen (secondary N) is 1. The van der Waals surface area contributed by atoms with Gasteiger partial charge in [-0.05, 0) is 44.6 Å². The second-order valence-corrected chi connectivity index (χ2v) is 4.64. The smallest absolute Gasteiger partial charge is 0.0448 e. The van der Waals surface area contributed by atoms with E-state index in [0.717, 1.165) is 18.9 Å². The first kappa shape index (κ1) is 12.0. The van der Waals surface area contributed by atoms with E-state index in [1.54, 1.807) is 0 Å². The van der Waals surface area contributed by atoms with Crippen LogP contribution in [0.4, 0.5) is 0 Å². The van der Waals surface area contributed by atoms with Gasteiger partial charge in [-0.25, -0.2) is 0 Å². The number of rotatable bonds is 5. The molecule has 0 heterocycles. The van der Waals surface area contributed by atoms with Crippen LogP contribution in [-0.4, -0.2) is 23.8 Å². The Bertz CT molecular complexity index is 142. The third-order valence-corrected chi connectivity index (χ3v) is 3.78. The third kappa shape index (κ3) is 2.96. The average Bonchev–Trinajstić information content (AvgIpc) is 2.20. The highest BCUT2D eigenvalue weighted by Gasteiger charge is 2.33. The molecule has 1 aliphatic carbocycles. The van der Waals surface area contributed by atoms with Crippen LogP contribution in [0.5, 0.6) is 0 Å². The average molecular weight is 199 g/mol. The van der Waals surface area contributed by atoms with Gasteiger partial charge in [-0.1, -0.05) is 20.3 Å². The predicted octanol–water partition coefficient (Wildman–Crippen LogP) is 2.32. The fraction of sp³-hybridized carbons (Fsp3) is 1.00. The molecular weight excluding hydrogens is 174 g/mol. The van der Waals surface area contributed by atoms with Crippen LogP contribution in [-0.2, 0) is 0 Å². The topological polar surface area (TPSA) is 32.3 Å². The first-order valence-corrected chi connectivity index (χ1v) is 6.12. The van der Waals surface area contributed by atoms with E-state index in [-0.39, 0.29) is 5.54 Å². The first-order valence-electron chi connectivity index (χ1n) is 6.12. The van der Waals surface area contributed by atoms with Crippen LogP contribution in [0.2, 0.25) is 0 Å². The van der Waals surface area contributed by atoms with E-state index in [9.17, 15) is 0 Å². The van der Waals surface area contributed by atoms with Crippen molar-refractivity contribution < 1.29 is 5.11 Å². The minimum Gasteiger partial charge on any atom is -0.396 e. The molecular formula is C12H25NO. The first-order chi connectivity index (χ1) is 6.76. The molecule has 2 heteroatoms. The van der Waals surface area contributed by atoms with E-state index in [2.05, 4.69) is 19.2 Å². The Morgan fingerprint density at radius 1 is 1.29 bits per heavy atom. The molecule has 0 atom stereocenters. The van der Waals surface area contributed by atoms with Crippen LogP contribution < -0.4 is 5.32 Å². The molecule has 0 aromatic heterocycles. The fourth-order valence-corrected chi connectivity index (χ4v) is 2.74. The van der Waals surface area contributed by atoms with E-state index in [1.165, 1.54) is 32.1 Å². The van der Waals surface area contributed by atoms with Crippen LogP contribution in [0, 0.1) is 5.92 Å². The molecule has 0 radical (unpaired) electrons. The maximum atomic E-state index is 9.09. The van der Waals surface area contributed by atoms with Gasteiger partial charge in [0.1, 0.15) is 0 Å². The molecule has 0 saturated heterocycles. The predicted molar refractivity (Wildman–Crippen MR) is 60.4 cm³/mol. The zero-order valence-electron chi connectivity index (χ0n) is 9.68. The Morgan fingerprint density at radius 2 is 1.93 bits per heavy atom. The summed E-state index contributed by atoms with van der Waals surface area (Å²) in [5.41, 5.74) is 0.259. The highest BCUT2D eigenvalue weighted by atomic mass is 16.3. The van der Waals surface area contributed by atoms with Gasteiger partial charge in [0.25, 0.3) is 0 Å². The minimum absolute atomic E-state index is 0.259. The lowest BCUT2D eigenvalue weighted by Gasteiger charge is -2.40. The van der Waals surface area contributed by atoms with E-state index >= 15 is 0 Å². The molecule has 84 valence electrons. The Morgan fingerprint density at radius 3 is 2.36 bits per heavy atom. The highest BCUT2D eigenvalue weighted by molar-refractivity contribution is 4.92. The molecule has 0 unspecified atom stereocenters. The van der Waals surface area contributed by atoms with Crippen molar-refractivity contribution in [1.82, 2.24) is 5.32 Å². The van der Waals surface area contributed by atoms with Crippen LogP contribution in [0.15, 0.2) is 0 Å². The number of aliphatic hydroxyl groups is 1. The van der Waals surface area contributed by atoms with E-state index in [1.807, 2.05) is 0 Å². The van der Waals surface area contributed by atoms with Gasteiger partial charge in [-0.15, -0.1) is 0 Å². The zero-order valence-corrected chi connectivity index (χ0v) is 9.68. The SMILES string of the molecule is CCNC1(CCO)CCC(CC)CC1. The molecule has 0 bridgehead atoms. The standard InChI is InChI=1S/C12H25NO/c1-3-11-5-7-12(8-6-11,9-10-14)13-4-2/h11,13-14H,3-10H2,1-2H3. The second-order valence-electron chi connectivity index (χ2n) is 4.64. The maximum Gasteiger partial charge on any atom is 0.0448 e. The normalized spacial score (nSPS) is 33.2. The van der Waals surface area contributed by atoms with Gasteiger partial charge >= 0.3 is 0 Å². The van der Waals surface area contributed by atoms with Crippen molar-refractivity contribution in [3.63, 3.8) is 0 Å². The summed E-state index contributed by atoms with van der Waals surface area (Å²) in [6.45, 7) is 5.79. The Kier molecular flexibility index (Phi) is 4.90. The molecule has 14 heavy (non-hydrogen) atoms. The monoisotopic (exact) mass is 199 g/mol. The molecule has 0 aromatic carbocycles. The van der Waals surface area contributed by atoms with Gasteiger partial charge in [-0.3, -0.25) is 0 Å². The molecule has 0 aliphatic heterocycles. The summed E-state index contributed by atoms with van der Waals surface area (Å²) in [5, 5.41) is 12.7. The van der Waals surface area contributed by atoms with Crippen molar-refractivity contribution in [3.8, 4) is 0 Å². The molecule has 1 fully saturated rings. The van der Waals surface area contributed by atoms with E-state index in [0.29, 0.717) is 6.61 Å². The van der Waals surface area contributed by atoms with Gasteiger partial charge in [0.05, 0.1) is 0 Å².